The predicted octanol–water partition coefficient (Wildman–Crippen LogP) is 3.42. The van der Waals surface area contributed by atoms with Gasteiger partial charge in [0.1, 0.15) is 5.82 Å². The lowest BCUT2D eigenvalue weighted by molar-refractivity contribution is 0.0730. The number of morpholine rings is 1. The minimum absolute atomic E-state index is 0.0962. The molecule has 1 saturated carbocycles. The summed E-state index contributed by atoms with van der Waals surface area (Å²) in [5.41, 5.74) is 0.0893. The summed E-state index contributed by atoms with van der Waals surface area (Å²) in [6.45, 7) is 1.08. The van der Waals surface area contributed by atoms with E-state index in [1.165, 1.54) is 10.4 Å². The van der Waals surface area contributed by atoms with Crippen molar-refractivity contribution >= 4 is 31.9 Å². The molecule has 1 aliphatic carbocycles. The lowest BCUT2D eigenvalue weighted by Crippen LogP contribution is -2.51. The summed E-state index contributed by atoms with van der Waals surface area (Å²) in [5, 5.41) is 2.96. The van der Waals surface area contributed by atoms with Gasteiger partial charge in [-0.15, -0.1) is 0 Å². The second-order valence-electron chi connectivity index (χ2n) is 7.56. The number of nitrogens with zero attached hydrogens (tertiary/aromatic N) is 1. The Labute approximate surface area is 183 Å². The summed E-state index contributed by atoms with van der Waals surface area (Å²) < 4.78 is 47.7. The Balaban J connectivity index is 1.62. The minimum atomic E-state index is -3.83. The zero-order valence-corrected chi connectivity index (χ0v) is 18.6. The third kappa shape index (κ3) is 4.03. The molecule has 4 rings (SSSR count). The van der Waals surface area contributed by atoms with Crippen molar-refractivity contribution in [3.05, 3.63) is 63.9 Å². The van der Waals surface area contributed by atoms with E-state index in [1.54, 1.807) is 0 Å². The largest absolute Gasteiger partial charge is 0.379 e. The molecular formula is C21H22BrFN2O4S. The van der Waals surface area contributed by atoms with Gasteiger partial charge >= 0.3 is 0 Å². The van der Waals surface area contributed by atoms with Crippen molar-refractivity contribution in [2.45, 2.75) is 29.7 Å². The molecule has 160 valence electrons. The van der Waals surface area contributed by atoms with Gasteiger partial charge < -0.3 is 10.1 Å². The van der Waals surface area contributed by atoms with E-state index < -0.39 is 27.3 Å². The predicted molar refractivity (Wildman–Crippen MR) is 113 cm³/mol. The summed E-state index contributed by atoms with van der Waals surface area (Å²) in [7, 11) is -3.83. The molecule has 0 radical (unpaired) electrons. The van der Waals surface area contributed by atoms with E-state index in [0.717, 1.165) is 41.4 Å². The summed E-state index contributed by atoms with van der Waals surface area (Å²) in [5.74, 6) is -1.37. The molecule has 9 heteroatoms. The highest BCUT2D eigenvalue weighted by molar-refractivity contribution is 9.10. The molecule has 0 aromatic heterocycles. The van der Waals surface area contributed by atoms with Crippen LogP contribution >= 0.6 is 15.9 Å². The zero-order valence-electron chi connectivity index (χ0n) is 16.2. The number of hydrogen-bond donors (Lipinski definition) is 1. The molecule has 1 N–H and O–H groups in total. The summed E-state index contributed by atoms with van der Waals surface area (Å²) >= 11 is 3.45. The van der Waals surface area contributed by atoms with Crippen molar-refractivity contribution in [2.75, 3.05) is 26.3 Å². The van der Waals surface area contributed by atoms with Gasteiger partial charge in [0.15, 0.2) is 0 Å². The van der Waals surface area contributed by atoms with Crippen LogP contribution in [0.1, 0.15) is 35.2 Å². The molecule has 1 aliphatic heterocycles. The Morgan fingerprint density at radius 2 is 1.87 bits per heavy atom. The third-order valence-corrected chi connectivity index (χ3v) is 8.12. The smallest absolute Gasteiger partial charge is 0.254 e. The van der Waals surface area contributed by atoms with Gasteiger partial charge in [-0.25, -0.2) is 12.8 Å². The van der Waals surface area contributed by atoms with Crippen LogP contribution < -0.4 is 5.32 Å². The van der Waals surface area contributed by atoms with Crippen LogP contribution in [0.5, 0.6) is 0 Å². The highest BCUT2D eigenvalue weighted by Crippen LogP contribution is 2.42. The Hall–Kier alpha value is -1.81. The van der Waals surface area contributed by atoms with Gasteiger partial charge in [-0.3, -0.25) is 4.79 Å². The molecule has 30 heavy (non-hydrogen) atoms. The Bertz CT molecular complexity index is 1070. The molecule has 1 heterocycles. The van der Waals surface area contributed by atoms with Crippen molar-refractivity contribution in [3.63, 3.8) is 0 Å². The molecule has 0 spiro atoms. The van der Waals surface area contributed by atoms with Crippen LogP contribution in [-0.2, 0) is 20.3 Å². The molecule has 0 atom stereocenters. The SMILES string of the molecule is O=C(NC1(c2cccc(Br)c2)CCC1)c1cc(S(=O)(=O)N2CCOCC2)ccc1F. The van der Waals surface area contributed by atoms with Crippen LogP contribution in [-0.4, -0.2) is 44.9 Å². The molecule has 2 aromatic rings. The standard InChI is InChI=1S/C21H22BrFN2O4S/c22-16-4-1-3-15(13-16)21(7-2-8-21)24-20(26)18-14-17(5-6-19(18)23)30(27,28)25-9-11-29-12-10-25/h1,3-6,13-14H,2,7-12H2,(H,24,26). The monoisotopic (exact) mass is 496 g/mol. The first-order chi connectivity index (χ1) is 14.3. The average molecular weight is 497 g/mol. The van der Waals surface area contributed by atoms with Crippen molar-refractivity contribution < 1.29 is 22.3 Å². The number of carbonyl (C=O) groups excluding carboxylic acids is 1. The average Bonchev–Trinajstić information content (AvgIpc) is 2.71. The van der Waals surface area contributed by atoms with E-state index in [4.69, 9.17) is 4.74 Å². The summed E-state index contributed by atoms with van der Waals surface area (Å²) in [6, 6.07) is 11.0. The number of nitrogens with one attached hydrogen (secondary N) is 1. The normalized spacial score (nSPS) is 19.1. The first-order valence-corrected chi connectivity index (χ1v) is 12.0. The van der Waals surface area contributed by atoms with Crippen LogP contribution in [0.4, 0.5) is 4.39 Å². The van der Waals surface area contributed by atoms with Crippen molar-refractivity contribution in [1.29, 1.82) is 0 Å². The summed E-state index contributed by atoms with van der Waals surface area (Å²) in [6.07, 6.45) is 2.42. The molecule has 0 unspecified atom stereocenters. The number of benzene rings is 2. The maximum Gasteiger partial charge on any atom is 0.254 e. The lowest BCUT2D eigenvalue weighted by atomic mass is 9.71. The van der Waals surface area contributed by atoms with E-state index in [-0.39, 0.29) is 23.5 Å². The van der Waals surface area contributed by atoms with Gasteiger partial charge in [0.25, 0.3) is 5.91 Å². The van der Waals surface area contributed by atoms with Crippen LogP contribution in [0, 0.1) is 5.82 Å². The lowest BCUT2D eigenvalue weighted by Gasteiger charge is -2.43. The van der Waals surface area contributed by atoms with Gasteiger partial charge in [-0.1, -0.05) is 28.1 Å². The number of rotatable bonds is 5. The fourth-order valence-corrected chi connectivity index (χ4v) is 5.70. The van der Waals surface area contributed by atoms with E-state index in [2.05, 4.69) is 21.2 Å². The number of sulfonamides is 1. The van der Waals surface area contributed by atoms with E-state index in [0.29, 0.717) is 13.2 Å². The molecular weight excluding hydrogens is 475 g/mol. The van der Waals surface area contributed by atoms with E-state index in [9.17, 15) is 17.6 Å². The van der Waals surface area contributed by atoms with Crippen LogP contribution in [0.25, 0.3) is 0 Å². The first-order valence-electron chi connectivity index (χ1n) is 9.78. The van der Waals surface area contributed by atoms with Crippen LogP contribution in [0.2, 0.25) is 0 Å². The molecule has 2 fully saturated rings. The van der Waals surface area contributed by atoms with Crippen molar-refractivity contribution in [3.8, 4) is 0 Å². The Morgan fingerprint density at radius 1 is 1.13 bits per heavy atom. The molecule has 1 amide bonds. The van der Waals surface area contributed by atoms with Crippen LogP contribution in [0.15, 0.2) is 51.8 Å². The highest BCUT2D eigenvalue weighted by Gasteiger charge is 2.41. The molecule has 6 nitrogen and oxygen atoms in total. The van der Waals surface area contributed by atoms with Gasteiger partial charge in [0, 0.05) is 17.6 Å². The zero-order chi connectivity index (χ0) is 21.4. The Kier molecular flexibility index (Phi) is 5.98. The maximum absolute atomic E-state index is 14.5. The molecule has 1 saturated heterocycles. The fraction of sp³-hybridized carbons (Fsp3) is 0.381. The quantitative estimate of drug-likeness (QED) is 0.687. The van der Waals surface area contributed by atoms with Crippen molar-refractivity contribution in [2.24, 2.45) is 0 Å². The van der Waals surface area contributed by atoms with Gasteiger partial charge in [-0.2, -0.15) is 4.31 Å². The van der Waals surface area contributed by atoms with Gasteiger partial charge in [0.2, 0.25) is 10.0 Å². The fourth-order valence-electron chi connectivity index (χ4n) is 3.86. The minimum Gasteiger partial charge on any atom is -0.379 e. The first kappa shape index (κ1) is 21.4. The second kappa shape index (κ2) is 8.37. The third-order valence-electron chi connectivity index (χ3n) is 5.73. The molecule has 2 aliphatic rings. The van der Waals surface area contributed by atoms with E-state index >= 15 is 0 Å². The van der Waals surface area contributed by atoms with Gasteiger partial charge in [-0.05, 0) is 55.2 Å². The number of halogens is 2. The van der Waals surface area contributed by atoms with E-state index in [1.807, 2.05) is 24.3 Å². The number of amides is 1. The maximum atomic E-state index is 14.5. The summed E-state index contributed by atoms with van der Waals surface area (Å²) in [4.78, 5) is 12.9. The highest BCUT2D eigenvalue weighted by atomic mass is 79.9. The second-order valence-corrected chi connectivity index (χ2v) is 10.4. The molecule has 0 bridgehead atoms. The topological polar surface area (TPSA) is 75.7 Å². The van der Waals surface area contributed by atoms with Gasteiger partial charge in [0.05, 0.1) is 29.2 Å². The Morgan fingerprint density at radius 3 is 2.50 bits per heavy atom. The molecule has 2 aromatic carbocycles. The number of hydrogen-bond acceptors (Lipinski definition) is 4. The van der Waals surface area contributed by atoms with Crippen LogP contribution in [0.3, 0.4) is 0 Å². The number of ether oxygens (including phenoxy) is 1. The van der Waals surface area contributed by atoms with Crippen molar-refractivity contribution in [1.82, 2.24) is 9.62 Å². The number of carbonyl (C=O) groups is 1.